The molecule has 14 heavy (non-hydrogen) atoms. The molecule has 0 aliphatic carbocycles. The summed E-state index contributed by atoms with van der Waals surface area (Å²) < 4.78 is 3.16. The molecule has 72 valence electrons. The number of hydrogen-bond donors (Lipinski definition) is 0. The normalized spacial score (nSPS) is 10.4. The zero-order valence-corrected chi connectivity index (χ0v) is 9.53. The molecule has 0 fully saturated rings. The number of aryl methyl sites for hydroxylation is 1. The number of hydrogen-bond acceptors (Lipinski definition) is 1. The molecule has 0 aliphatic rings. The number of aromatic nitrogens is 2. The molecule has 0 atom stereocenters. The van der Waals surface area contributed by atoms with Crippen LogP contribution in [-0.2, 0) is 13.5 Å². The van der Waals surface area contributed by atoms with E-state index in [1.165, 1.54) is 5.56 Å². The second-order valence-electron chi connectivity index (χ2n) is 3.26. The molecule has 0 bridgehead atoms. The quantitative estimate of drug-likeness (QED) is 0.802. The molecule has 0 saturated carbocycles. The Hall–Kier alpha value is -1.09. The van der Waals surface area contributed by atoms with Crippen molar-refractivity contribution in [3.8, 4) is 0 Å². The van der Waals surface area contributed by atoms with Gasteiger partial charge in [-0.25, -0.2) is 4.98 Å². The van der Waals surface area contributed by atoms with Crippen molar-refractivity contribution in [1.29, 1.82) is 0 Å². The van der Waals surface area contributed by atoms with E-state index in [4.69, 9.17) is 0 Å². The Morgan fingerprint density at radius 2 is 2.00 bits per heavy atom. The van der Waals surface area contributed by atoms with Crippen molar-refractivity contribution < 1.29 is 0 Å². The molecule has 0 unspecified atom stereocenters. The molecule has 1 heterocycles. The Kier molecular flexibility index (Phi) is 2.68. The van der Waals surface area contributed by atoms with E-state index in [1.807, 2.05) is 24.0 Å². The summed E-state index contributed by atoms with van der Waals surface area (Å²) in [6.45, 7) is 0. The fourth-order valence-corrected chi connectivity index (χ4v) is 1.62. The molecule has 0 amide bonds. The largest absolute Gasteiger partial charge is 0.338 e. The standard InChI is InChI=1S/C11H11BrN2/c1-14-7-6-13-11(14)8-9-2-4-10(12)5-3-9/h2-7H,8H2,1H3. The van der Waals surface area contributed by atoms with Crippen molar-refractivity contribution in [3.05, 3.63) is 52.5 Å². The predicted octanol–water partition coefficient (Wildman–Crippen LogP) is 2.77. The third-order valence-electron chi connectivity index (χ3n) is 2.20. The van der Waals surface area contributed by atoms with Crippen LogP contribution in [0.5, 0.6) is 0 Å². The minimum Gasteiger partial charge on any atom is -0.338 e. The lowest BCUT2D eigenvalue weighted by molar-refractivity contribution is 0.821. The van der Waals surface area contributed by atoms with Gasteiger partial charge in [0.1, 0.15) is 5.82 Å². The van der Waals surface area contributed by atoms with Crippen LogP contribution in [0.3, 0.4) is 0 Å². The van der Waals surface area contributed by atoms with Gasteiger partial charge in [0.25, 0.3) is 0 Å². The molecule has 0 radical (unpaired) electrons. The smallest absolute Gasteiger partial charge is 0.112 e. The van der Waals surface area contributed by atoms with Crippen LogP contribution < -0.4 is 0 Å². The highest BCUT2D eigenvalue weighted by Crippen LogP contribution is 2.12. The topological polar surface area (TPSA) is 17.8 Å². The molecular formula is C11H11BrN2. The Morgan fingerprint density at radius 1 is 1.29 bits per heavy atom. The van der Waals surface area contributed by atoms with Gasteiger partial charge in [0.2, 0.25) is 0 Å². The summed E-state index contributed by atoms with van der Waals surface area (Å²) in [5.41, 5.74) is 1.28. The Labute approximate surface area is 91.7 Å². The highest BCUT2D eigenvalue weighted by molar-refractivity contribution is 9.10. The minimum absolute atomic E-state index is 0.886. The first-order valence-corrected chi connectivity index (χ1v) is 5.25. The lowest BCUT2D eigenvalue weighted by Gasteiger charge is -2.01. The van der Waals surface area contributed by atoms with E-state index in [9.17, 15) is 0 Å². The molecule has 3 heteroatoms. The van der Waals surface area contributed by atoms with Crippen molar-refractivity contribution in [2.24, 2.45) is 7.05 Å². The zero-order chi connectivity index (χ0) is 9.97. The maximum absolute atomic E-state index is 4.28. The summed E-state index contributed by atoms with van der Waals surface area (Å²) in [4.78, 5) is 4.28. The average Bonchev–Trinajstić information content (AvgIpc) is 2.56. The second-order valence-corrected chi connectivity index (χ2v) is 4.17. The maximum atomic E-state index is 4.28. The van der Waals surface area contributed by atoms with Crippen LogP contribution in [0, 0.1) is 0 Å². The molecule has 2 aromatic rings. The highest BCUT2D eigenvalue weighted by Gasteiger charge is 2.00. The van der Waals surface area contributed by atoms with Crippen LogP contribution in [0.15, 0.2) is 41.1 Å². The number of benzene rings is 1. The van der Waals surface area contributed by atoms with Gasteiger partial charge in [-0.1, -0.05) is 28.1 Å². The maximum Gasteiger partial charge on any atom is 0.112 e. The zero-order valence-electron chi connectivity index (χ0n) is 7.94. The predicted molar refractivity (Wildman–Crippen MR) is 60.2 cm³/mol. The van der Waals surface area contributed by atoms with Crippen molar-refractivity contribution >= 4 is 15.9 Å². The van der Waals surface area contributed by atoms with Gasteiger partial charge in [0, 0.05) is 30.3 Å². The van der Waals surface area contributed by atoms with E-state index in [-0.39, 0.29) is 0 Å². The average molecular weight is 251 g/mol. The van der Waals surface area contributed by atoms with E-state index in [0.717, 1.165) is 16.7 Å². The first-order valence-electron chi connectivity index (χ1n) is 4.46. The Balaban J connectivity index is 2.19. The SMILES string of the molecule is Cn1ccnc1Cc1ccc(Br)cc1. The van der Waals surface area contributed by atoms with Gasteiger partial charge in [-0.05, 0) is 17.7 Å². The van der Waals surface area contributed by atoms with Crippen molar-refractivity contribution in [2.45, 2.75) is 6.42 Å². The summed E-state index contributed by atoms with van der Waals surface area (Å²) in [6, 6.07) is 8.33. The van der Waals surface area contributed by atoms with Crippen molar-refractivity contribution in [1.82, 2.24) is 9.55 Å². The molecule has 2 nitrogen and oxygen atoms in total. The summed E-state index contributed by atoms with van der Waals surface area (Å²) >= 11 is 3.42. The van der Waals surface area contributed by atoms with Gasteiger partial charge >= 0.3 is 0 Å². The van der Waals surface area contributed by atoms with Gasteiger partial charge in [-0.2, -0.15) is 0 Å². The van der Waals surface area contributed by atoms with Gasteiger partial charge in [-0.15, -0.1) is 0 Å². The van der Waals surface area contributed by atoms with Gasteiger partial charge in [0.15, 0.2) is 0 Å². The first kappa shape index (κ1) is 9.46. The van der Waals surface area contributed by atoms with Crippen molar-refractivity contribution in [3.63, 3.8) is 0 Å². The van der Waals surface area contributed by atoms with E-state index >= 15 is 0 Å². The lowest BCUT2D eigenvalue weighted by atomic mass is 10.1. The van der Waals surface area contributed by atoms with Crippen LogP contribution in [-0.4, -0.2) is 9.55 Å². The van der Waals surface area contributed by atoms with Crippen LogP contribution in [0.4, 0.5) is 0 Å². The second kappa shape index (κ2) is 3.96. The number of imidazole rings is 1. The van der Waals surface area contributed by atoms with Crippen molar-refractivity contribution in [2.75, 3.05) is 0 Å². The molecule has 0 saturated heterocycles. The third kappa shape index (κ3) is 2.04. The summed E-state index contributed by atoms with van der Waals surface area (Å²) in [7, 11) is 2.02. The van der Waals surface area contributed by atoms with E-state index < -0.39 is 0 Å². The molecule has 2 rings (SSSR count). The monoisotopic (exact) mass is 250 g/mol. The molecule has 1 aromatic heterocycles. The fourth-order valence-electron chi connectivity index (χ4n) is 1.35. The number of nitrogens with zero attached hydrogens (tertiary/aromatic N) is 2. The van der Waals surface area contributed by atoms with Crippen LogP contribution in [0.2, 0.25) is 0 Å². The van der Waals surface area contributed by atoms with Gasteiger partial charge < -0.3 is 4.57 Å². The molecule has 0 spiro atoms. The molecular weight excluding hydrogens is 240 g/mol. The first-order chi connectivity index (χ1) is 6.75. The highest BCUT2D eigenvalue weighted by atomic mass is 79.9. The summed E-state index contributed by atoms with van der Waals surface area (Å²) in [6.07, 6.45) is 4.68. The number of rotatable bonds is 2. The molecule has 0 aliphatic heterocycles. The van der Waals surface area contributed by atoms with E-state index in [0.29, 0.717) is 0 Å². The fraction of sp³-hybridized carbons (Fsp3) is 0.182. The third-order valence-corrected chi connectivity index (χ3v) is 2.73. The van der Waals surface area contributed by atoms with Gasteiger partial charge in [0.05, 0.1) is 0 Å². The Morgan fingerprint density at radius 3 is 2.57 bits per heavy atom. The molecule has 1 aromatic carbocycles. The van der Waals surface area contributed by atoms with Crippen LogP contribution in [0.25, 0.3) is 0 Å². The van der Waals surface area contributed by atoms with Gasteiger partial charge in [-0.3, -0.25) is 0 Å². The Bertz CT molecular complexity index is 417. The van der Waals surface area contributed by atoms with Crippen LogP contribution in [0.1, 0.15) is 11.4 Å². The molecule has 0 N–H and O–H groups in total. The summed E-state index contributed by atoms with van der Waals surface area (Å²) in [5, 5.41) is 0. The number of halogens is 1. The van der Waals surface area contributed by atoms with E-state index in [1.54, 1.807) is 0 Å². The minimum atomic E-state index is 0.886. The summed E-state index contributed by atoms with van der Waals surface area (Å²) in [5.74, 6) is 1.09. The van der Waals surface area contributed by atoms with E-state index in [2.05, 4.69) is 45.2 Å². The lowest BCUT2D eigenvalue weighted by Crippen LogP contribution is -1.97. The van der Waals surface area contributed by atoms with Crippen LogP contribution >= 0.6 is 15.9 Å².